The normalized spacial score (nSPS) is 32.2. The highest BCUT2D eigenvalue weighted by Gasteiger charge is 2.17. The number of oxime groups is 1. The Morgan fingerprint density at radius 3 is 2.78 bits per heavy atom. The summed E-state index contributed by atoms with van der Waals surface area (Å²) in [7, 11) is 0. The highest BCUT2D eigenvalue weighted by molar-refractivity contribution is 5.67. The Bertz CT molecular complexity index is 137. The SMILES string of the molecule is CCC1(C)C=CON=C1. The van der Waals surface area contributed by atoms with Gasteiger partial charge in [0.15, 0.2) is 0 Å². The highest BCUT2D eigenvalue weighted by Crippen LogP contribution is 2.22. The highest BCUT2D eigenvalue weighted by atomic mass is 16.6. The van der Waals surface area contributed by atoms with Gasteiger partial charge in [-0.2, -0.15) is 0 Å². The maximum atomic E-state index is 4.66. The molecule has 0 N–H and O–H groups in total. The second kappa shape index (κ2) is 2.21. The Morgan fingerprint density at radius 1 is 1.67 bits per heavy atom. The molecule has 0 saturated carbocycles. The van der Waals surface area contributed by atoms with Crippen molar-refractivity contribution in [3.63, 3.8) is 0 Å². The summed E-state index contributed by atoms with van der Waals surface area (Å²) >= 11 is 0. The molecule has 1 aliphatic rings. The van der Waals surface area contributed by atoms with Crippen LogP contribution < -0.4 is 0 Å². The minimum Gasteiger partial charge on any atom is -0.365 e. The molecule has 1 unspecified atom stereocenters. The molecule has 0 bridgehead atoms. The number of hydrogen-bond donors (Lipinski definition) is 0. The van der Waals surface area contributed by atoms with Crippen LogP contribution in [0, 0.1) is 5.41 Å². The van der Waals surface area contributed by atoms with Crippen molar-refractivity contribution in [3.8, 4) is 0 Å². The van der Waals surface area contributed by atoms with Crippen LogP contribution in [0.2, 0.25) is 0 Å². The van der Waals surface area contributed by atoms with Gasteiger partial charge in [-0.15, -0.1) is 0 Å². The third-order valence-corrected chi connectivity index (χ3v) is 1.68. The second-order valence-corrected chi connectivity index (χ2v) is 2.50. The monoisotopic (exact) mass is 125 g/mol. The Hall–Kier alpha value is -0.790. The van der Waals surface area contributed by atoms with E-state index in [0.29, 0.717) is 0 Å². The van der Waals surface area contributed by atoms with Crippen LogP contribution in [0.4, 0.5) is 0 Å². The molecule has 0 aromatic heterocycles. The van der Waals surface area contributed by atoms with Gasteiger partial charge in [-0.25, -0.2) is 0 Å². The van der Waals surface area contributed by atoms with E-state index in [9.17, 15) is 0 Å². The first-order valence-electron chi connectivity index (χ1n) is 3.15. The van der Waals surface area contributed by atoms with E-state index in [2.05, 4.69) is 23.8 Å². The molecule has 0 saturated heterocycles. The maximum absolute atomic E-state index is 4.66. The fraction of sp³-hybridized carbons (Fsp3) is 0.571. The summed E-state index contributed by atoms with van der Waals surface area (Å²) < 4.78 is 0. The molecule has 0 aliphatic carbocycles. The molecule has 1 aliphatic heterocycles. The van der Waals surface area contributed by atoms with E-state index in [-0.39, 0.29) is 5.41 Å². The third-order valence-electron chi connectivity index (χ3n) is 1.68. The molecule has 0 fully saturated rings. The summed E-state index contributed by atoms with van der Waals surface area (Å²) in [5.41, 5.74) is 0.123. The van der Waals surface area contributed by atoms with Crippen molar-refractivity contribution in [2.75, 3.05) is 0 Å². The van der Waals surface area contributed by atoms with Gasteiger partial charge in [0.05, 0.1) is 6.21 Å². The van der Waals surface area contributed by atoms with Crippen molar-refractivity contribution >= 4 is 6.21 Å². The Kier molecular flexibility index (Phi) is 1.56. The summed E-state index contributed by atoms with van der Waals surface area (Å²) in [6, 6.07) is 0. The Morgan fingerprint density at radius 2 is 2.44 bits per heavy atom. The first-order valence-corrected chi connectivity index (χ1v) is 3.15. The molecule has 1 heterocycles. The molecule has 1 rings (SSSR count). The van der Waals surface area contributed by atoms with E-state index in [1.807, 2.05) is 12.3 Å². The summed E-state index contributed by atoms with van der Waals surface area (Å²) in [4.78, 5) is 4.66. The van der Waals surface area contributed by atoms with E-state index < -0.39 is 0 Å². The molecule has 9 heavy (non-hydrogen) atoms. The molecule has 1 atom stereocenters. The smallest absolute Gasteiger partial charge is 0.119 e. The zero-order chi connectivity index (χ0) is 6.74. The molecule has 0 spiro atoms. The van der Waals surface area contributed by atoms with E-state index in [1.54, 1.807) is 6.26 Å². The Labute approximate surface area is 55.2 Å². The van der Waals surface area contributed by atoms with Crippen molar-refractivity contribution in [2.45, 2.75) is 20.3 Å². The van der Waals surface area contributed by atoms with Crippen LogP contribution in [-0.4, -0.2) is 6.21 Å². The zero-order valence-corrected chi connectivity index (χ0v) is 5.79. The van der Waals surface area contributed by atoms with Gasteiger partial charge in [0, 0.05) is 5.41 Å². The minimum absolute atomic E-state index is 0.123. The number of rotatable bonds is 1. The summed E-state index contributed by atoms with van der Waals surface area (Å²) in [6.07, 6.45) is 6.53. The van der Waals surface area contributed by atoms with Crippen molar-refractivity contribution in [2.24, 2.45) is 10.6 Å². The van der Waals surface area contributed by atoms with Crippen molar-refractivity contribution in [1.82, 2.24) is 0 Å². The van der Waals surface area contributed by atoms with Crippen molar-refractivity contribution < 1.29 is 4.84 Å². The third kappa shape index (κ3) is 1.31. The lowest BCUT2D eigenvalue weighted by Crippen LogP contribution is -2.15. The van der Waals surface area contributed by atoms with Crippen LogP contribution in [0.15, 0.2) is 17.5 Å². The molecular formula is C7H11NO. The Balaban J connectivity index is 2.67. The van der Waals surface area contributed by atoms with Gasteiger partial charge < -0.3 is 4.84 Å². The van der Waals surface area contributed by atoms with Gasteiger partial charge in [0.2, 0.25) is 0 Å². The topological polar surface area (TPSA) is 21.6 Å². The summed E-state index contributed by atoms with van der Waals surface area (Å²) in [6.45, 7) is 4.25. The van der Waals surface area contributed by atoms with Crippen molar-refractivity contribution in [1.29, 1.82) is 0 Å². The van der Waals surface area contributed by atoms with Gasteiger partial charge in [-0.05, 0) is 12.5 Å². The van der Waals surface area contributed by atoms with Crippen LogP contribution in [-0.2, 0) is 4.84 Å². The average Bonchev–Trinajstić information content (AvgIpc) is 1.90. The fourth-order valence-electron chi connectivity index (χ4n) is 0.624. The predicted molar refractivity (Wildman–Crippen MR) is 37.1 cm³/mol. The van der Waals surface area contributed by atoms with Crippen LogP contribution in [0.1, 0.15) is 20.3 Å². The van der Waals surface area contributed by atoms with Crippen LogP contribution in [0.3, 0.4) is 0 Å². The van der Waals surface area contributed by atoms with E-state index in [0.717, 1.165) is 6.42 Å². The molecule has 0 aromatic rings. The maximum Gasteiger partial charge on any atom is 0.119 e. The molecule has 0 radical (unpaired) electrons. The lowest BCUT2D eigenvalue weighted by atomic mass is 9.89. The number of hydrogen-bond acceptors (Lipinski definition) is 2. The van der Waals surface area contributed by atoms with Crippen LogP contribution in [0.5, 0.6) is 0 Å². The van der Waals surface area contributed by atoms with Gasteiger partial charge in [-0.3, -0.25) is 0 Å². The van der Waals surface area contributed by atoms with Crippen LogP contribution in [0.25, 0.3) is 0 Å². The van der Waals surface area contributed by atoms with Gasteiger partial charge in [-0.1, -0.05) is 19.0 Å². The average molecular weight is 125 g/mol. The second-order valence-electron chi connectivity index (χ2n) is 2.50. The molecule has 0 amide bonds. The summed E-state index contributed by atoms with van der Waals surface area (Å²) in [5, 5.41) is 3.69. The lowest BCUT2D eigenvalue weighted by Gasteiger charge is -2.19. The lowest BCUT2D eigenvalue weighted by molar-refractivity contribution is 0.251. The first kappa shape index (κ1) is 6.33. The summed E-state index contributed by atoms with van der Waals surface area (Å²) in [5.74, 6) is 0. The number of nitrogens with zero attached hydrogens (tertiary/aromatic N) is 1. The quantitative estimate of drug-likeness (QED) is 0.524. The zero-order valence-electron chi connectivity index (χ0n) is 5.79. The van der Waals surface area contributed by atoms with Gasteiger partial charge in [0.25, 0.3) is 0 Å². The van der Waals surface area contributed by atoms with E-state index in [1.165, 1.54) is 0 Å². The molecule has 2 nitrogen and oxygen atoms in total. The van der Waals surface area contributed by atoms with Gasteiger partial charge >= 0.3 is 0 Å². The van der Waals surface area contributed by atoms with Crippen LogP contribution >= 0.6 is 0 Å². The standard InChI is InChI=1S/C7H11NO/c1-3-7(2)4-5-9-8-6-7/h4-6H,3H2,1-2H3. The van der Waals surface area contributed by atoms with E-state index >= 15 is 0 Å². The van der Waals surface area contributed by atoms with Crippen molar-refractivity contribution in [3.05, 3.63) is 12.3 Å². The van der Waals surface area contributed by atoms with Gasteiger partial charge in [0.1, 0.15) is 6.26 Å². The minimum atomic E-state index is 0.123. The number of allylic oxidation sites excluding steroid dienone is 1. The molecule has 0 aromatic carbocycles. The fourth-order valence-corrected chi connectivity index (χ4v) is 0.624. The predicted octanol–water partition coefficient (Wildman–Crippen LogP) is 1.93. The molecule has 2 heteroatoms. The van der Waals surface area contributed by atoms with E-state index in [4.69, 9.17) is 0 Å². The largest absolute Gasteiger partial charge is 0.365 e. The molecule has 50 valence electrons. The first-order chi connectivity index (χ1) is 4.27. The molecular weight excluding hydrogens is 114 g/mol.